The fourth-order valence-corrected chi connectivity index (χ4v) is 7.23. The second kappa shape index (κ2) is 6.54. The van der Waals surface area contributed by atoms with Crippen LogP contribution in [0.2, 0.25) is 0 Å². The normalized spacial score (nSPS) is 29.1. The van der Waals surface area contributed by atoms with Crippen molar-refractivity contribution in [3.8, 4) is 17.2 Å². The van der Waals surface area contributed by atoms with Gasteiger partial charge in [0.2, 0.25) is 0 Å². The van der Waals surface area contributed by atoms with Gasteiger partial charge in [0.1, 0.15) is 6.29 Å². The monoisotopic (exact) mass is 391 g/mol. The van der Waals surface area contributed by atoms with E-state index in [2.05, 4.69) is 36.4 Å². The van der Waals surface area contributed by atoms with Crippen LogP contribution >= 0.6 is 0 Å². The van der Waals surface area contributed by atoms with E-state index in [1.807, 2.05) is 24.3 Å². The molecule has 30 heavy (non-hydrogen) atoms. The van der Waals surface area contributed by atoms with Gasteiger partial charge in [0.25, 0.3) is 0 Å². The Bertz CT molecular complexity index is 1180. The molecule has 2 nitrogen and oxygen atoms in total. The third-order valence-electron chi connectivity index (χ3n) is 8.09. The first-order valence-corrected chi connectivity index (χ1v) is 11.2. The van der Waals surface area contributed by atoms with E-state index < -0.39 is 0 Å². The molecule has 3 aromatic carbocycles. The molecule has 0 amide bonds. The van der Waals surface area contributed by atoms with Crippen LogP contribution in [0.4, 0.5) is 0 Å². The lowest BCUT2D eigenvalue weighted by atomic mass is 9.47. The molecule has 0 saturated heterocycles. The standard InChI is InChI=1S/C28H25NO/c29-16-18-1-2-23-11-24(4-3-22(23)10-18)25-5-6-26(17-30)27(12-25)28-13-19-7-20(14-28)9-21(8-19)15-28/h1-6,10-12,17,19-21H,7-9,13-15H2. The predicted molar refractivity (Wildman–Crippen MR) is 119 cm³/mol. The number of aldehydes is 1. The summed E-state index contributed by atoms with van der Waals surface area (Å²) in [6, 6.07) is 21.0. The lowest BCUT2D eigenvalue weighted by Crippen LogP contribution is -2.48. The van der Waals surface area contributed by atoms with Crippen LogP contribution in [0.5, 0.6) is 0 Å². The number of nitrogens with zero attached hydrogens (tertiary/aromatic N) is 1. The fourth-order valence-electron chi connectivity index (χ4n) is 7.23. The van der Waals surface area contributed by atoms with Crippen molar-refractivity contribution in [2.24, 2.45) is 17.8 Å². The maximum absolute atomic E-state index is 12.0. The zero-order chi connectivity index (χ0) is 20.3. The van der Waals surface area contributed by atoms with Crippen LogP contribution in [0.25, 0.3) is 21.9 Å². The molecule has 4 saturated carbocycles. The lowest BCUT2D eigenvalue weighted by molar-refractivity contribution is -0.00541. The van der Waals surface area contributed by atoms with Crippen molar-refractivity contribution in [1.29, 1.82) is 5.26 Å². The van der Waals surface area contributed by atoms with Gasteiger partial charge < -0.3 is 0 Å². The summed E-state index contributed by atoms with van der Waals surface area (Å²) < 4.78 is 0. The highest BCUT2D eigenvalue weighted by Gasteiger charge is 2.52. The van der Waals surface area contributed by atoms with Gasteiger partial charge in [-0.25, -0.2) is 0 Å². The second-order valence-corrected chi connectivity index (χ2v) is 10.0. The Kier molecular flexibility index (Phi) is 3.90. The van der Waals surface area contributed by atoms with Gasteiger partial charge in [0.15, 0.2) is 0 Å². The quantitative estimate of drug-likeness (QED) is 0.468. The van der Waals surface area contributed by atoms with Crippen LogP contribution in [-0.2, 0) is 5.41 Å². The van der Waals surface area contributed by atoms with Crippen LogP contribution < -0.4 is 0 Å². The molecule has 3 aromatic rings. The topological polar surface area (TPSA) is 40.9 Å². The van der Waals surface area contributed by atoms with Crippen LogP contribution in [0, 0.1) is 29.1 Å². The predicted octanol–water partition coefficient (Wildman–Crippen LogP) is 6.66. The molecule has 148 valence electrons. The van der Waals surface area contributed by atoms with Crippen LogP contribution in [0.3, 0.4) is 0 Å². The zero-order valence-corrected chi connectivity index (χ0v) is 17.1. The molecular formula is C28H25NO. The number of carbonyl (C=O) groups excluding carboxylic acids is 1. The second-order valence-electron chi connectivity index (χ2n) is 10.0. The van der Waals surface area contributed by atoms with Crippen LogP contribution in [-0.4, -0.2) is 6.29 Å². The molecule has 2 heteroatoms. The van der Waals surface area contributed by atoms with Crippen molar-refractivity contribution in [2.75, 3.05) is 0 Å². The first-order valence-electron chi connectivity index (χ1n) is 11.2. The van der Waals surface area contributed by atoms with E-state index in [4.69, 9.17) is 5.26 Å². The summed E-state index contributed by atoms with van der Waals surface area (Å²) in [5, 5.41) is 11.4. The summed E-state index contributed by atoms with van der Waals surface area (Å²) >= 11 is 0. The Balaban J connectivity index is 1.45. The lowest BCUT2D eigenvalue weighted by Gasteiger charge is -2.57. The zero-order valence-electron chi connectivity index (χ0n) is 17.1. The molecule has 0 unspecified atom stereocenters. The Morgan fingerprint density at radius 2 is 1.40 bits per heavy atom. The molecule has 0 aliphatic heterocycles. The van der Waals surface area contributed by atoms with E-state index in [1.165, 1.54) is 55.2 Å². The minimum atomic E-state index is 0.208. The van der Waals surface area contributed by atoms with Gasteiger partial charge in [-0.05, 0) is 113 Å². The van der Waals surface area contributed by atoms with Crippen molar-refractivity contribution >= 4 is 17.1 Å². The number of carbonyl (C=O) groups is 1. The average Bonchev–Trinajstić information content (AvgIpc) is 2.77. The molecule has 0 N–H and O–H groups in total. The molecule has 4 aliphatic carbocycles. The molecule has 0 atom stereocenters. The summed E-state index contributed by atoms with van der Waals surface area (Å²) in [6.07, 6.45) is 9.08. The van der Waals surface area contributed by atoms with Crippen LogP contribution in [0.15, 0.2) is 54.6 Å². The third-order valence-corrected chi connectivity index (χ3v) is 8.09. The number of rotatable bonds is 3. The van der Waals surface area contributed by atoms with Gasteiger partial charge in [-0.2, -0.15) is 5.26 Å². The van der Waals surface area contributed by atoms with E-state index in [1.54, 1.807) is 0 Å². The highest BCUT2D eigenvalue weighted by molar-refractivity contribution is 5.89. The number of fused-ring (bicyclic) bond motifs is 1. The third kappa shape index (κ3) is 2.72. The van der Waals surface area contributed by atoms with E-state index in [0.29, 0.717) is 5.56 Å². The summed E-state index contributed by atoms with van der Waals surface area (Å²) in [5.41, 5.74) is 5.46. The first kappa shape index (κ1) is 17.9. The molecule has 4 aliphatic rings. The summed E-state index contributed by atoms with van der Waals surface area (Å²) in [4.78, 5) is 12.0. The molecular weight excluding hydrogens is 366 g/mol. The molecule has 4 bridgehead atoms. The van der Waals surface area contributed by atoms with E-state index in [-0.39, 0.29) is 5.41 Å². The molecule has 0 spiro atoms. The smallest absolute Gasteiger partial charge is 0.150 e. The summed E-state index contributed by atoms with van der Waals surface area (Å²) in [5.74, 6) is 2.57. The van der Waals surface area contributed by atoms with E-state index in [0.717, 1.165) is 40.4 Å². The maximum Gasteiger partial charge on any atom is 0.150 e. The van der Waals surface area contributed by atoms with Crippen molar-refractivity contribution in [2.45, 2.75) is 43.9 Å². The number of nitriles is 1. The summed E-state index contributed by atoms with van der Waals surface area (Å²) in [6.45, 7) is 0. The van der Waals surface area contributed by atoms with Crippen molar-refractivity contribution in [3.05, 3.63) is 71.3 Å². The Morgan fingerprint density at radius 3 is 2.07 bits per heavy atom. The molecule has 0 heterocycles. The molecule has 0 aromatic heterocycles. The van der Waals surface area contributed by atoms with Gasteiger partial charge in [-0.15, -0.1) is 0 Å². The largest absolute Gasteiger partial charge is 0.298 e. The van der Waals surface area contributed by atoms with Crippen molar-refractivity contribution in [3.63, 3.8) is 0 Å². The van der Waals surface area contributed by atoms with Crippen molar-refractivity contribution < 1.29 is 4.79 Å². The van der Waals surface area contributed by atoms with Gasteiger partial charge in [-0.1, -0.05) is 30.3 Å². The number of benzene rings is 3. The first-order chi connectivity index (χ1) is 14.7. The van der Waals surface area contributed by atoms with Gasteiger partial charge in [0.05, 0.1) is 11.6 Å². The SMILES string of the molecule is N#Cc1ccc2cc(-c3ccc(C=O)c(C45CC6CC(CC(C6)C4)C5)c3)ccc2c1. The minimum Gasteiger partial charge on any atom is -0.298 e. The Morgan fingerprint density at radius 1 is 0.800 bits per heavy atom. The fraction of sp³-hybridized carbons (Fsp3) is 0.357. The van der Waals surface area contributed by atoms with Crippen molar-refractivity contribution in [1.82, 2.24) is 0 Å². The van der Waals surface area contributed by atoms with E-state index >= 15 is 0 Å². The number of hydrogen-bond donors (Lipinski definition) is 0. The highest BCUT2D eigenvalue weighted by Crippen LogP contribution is 2.61. The summed E-state index contributed by atoms with van der Waals surface area (Å²) in [7, 11) is 0. The van der Waals surface area contributed by atoms with E-state index in [9.17, 15) is 4.79 Å². The maximum atomic E-state index is 12.0. The molecule has 0 radical (unpaired) electrons. The van der Waals surface area contributed by atoms with Gasteiger partial charge >= 0.3 is 0 Å². The Labute approximate surface area is 177 Å². The number of hydrogen-bond acceptors (Lipinski definition) is 2. The average molecular weight is 392 g/mol. The van der Waals surface area contributed by atoms with Gasteiger partial charge in [-0.3, -0.25) is 4.79 Å². The molecule has 4 fully saturated rings. The molecule has 7 rings (SSSR count). The highest BCUT2D eigenvalue weighted by atomic mass is 16.1. The van der Waals surface area contributed by atoms with Crippen LogP contribution in [0.1, 0.15) is 60.0 Å². The van der Waals surface area contributed by atoms with Gasteiger partial charge in [0, 0.05) is 5.56 Å². The minimum absolute atomic E-state index is 0.208. The Hall–Kier alpha value is -2.92.